The number of carbonyl (C=O) groups is 1. The van der Waals surface area contributed by atoms with Gasteiger partial charge in [0.05, 0.1) is 7.11 Å². The van der Waals surface area contributed by atoms with Gasteiger partial charge in [-0.1, -0.05) is 24.3 Å². The van der Waals surface area contributed by atoms with Crippen LogP contribution in [0.3, 0.4) is 0 Å². The Labute approximate surface area is 170 Å². The van der Waals surface area contributed by atoms with Crippen molar-refractivity contribution >= 4 is 17.7 Å². The van der Waals surface area contributed by atoms with E-state index in [0.717, 1.165) is 44.9 Å². The number of methoxy groups -OCH3 is 1. The summed E-state index contributed by atoms with van der Waals surface area (Å²) in [5.74, 6) is 1.41. The average molecular weight is 403 g/mol. The van der Waals surface area contributed by atoms with Crippen molar-refractivity contribution in [2.24, 2.45) is 0 Å². The minimum absolute atomic E-state index is 0.162. The van der Waals surface area contributed by atoms with E-state index in [9.17, 15) is 9.18 Å². The Morgan fingerprint density at radius 1 is 1.07 bits per heavy atom. The molecule has 1 aliphatic heterocycles. The maximum atomic E-state index is 13.7. The normalized spacial score (nSPS) is 15.3. The van der Waals surface area contributed by atoms with E-state index in [4.69, 9.17) is 4.74 Å². The van der Waals surface area contributed by atoms with Gasteiger partial charge < -0.3 is 9.64 Å². The number of nitrogens with zero attached hydrogens (tertiary/aromatic N) is 2. The van der Waals surface area contributed by atoms with E-state index in [1.54, 1.807) is 19.2 Å². The van der Waals surface area contributed by atoms with Crippen molar-refractivity contribution in [3.8, 4) is 5.75 Å². The van der Waals surface area contributed by atoms with Crippen LogP contribution in [0.15, 0.2) is 53.4 Å². The molecule has 2 aromatic rings. The molecule has 0 aromatic heterocycles. The van der Waals surface area contributed by atoms with E-state index >= 15 is 0 Å². The highest BCUT2D eigenvalue weighted by molar-refractivity contribution is 7.99. The minimum Gasteiger partial charge on any atom is -0.497 e. The molecule has 0 N–H and O–H groups in total. The van der Waals surface area contributed by atoms with Crippen LogP contribution in [0.4, 0.5) is 4.39 Å². The van der Waals surface area contributed by atoms with Gasteiger partial charge in [-0.05, 0) is 36.2 Å². The van der Waals surface area contributed by atoms with Gasteiger partial charge in [-0.25, -0.2) is 4.39 Å². The minimum atomic E-state index is -0.219. The Bertz CT molecular complexity index is 769. The lowest BCUT2D eigenvalue weighted by atomic mass is 10.2. The van der Waals surface area contributed by atoms with Gasteiger partial charge in [0.1, 0.15) is 11.6 Å². The summed E-state index contributed by atoms with van der Waals surface area (Å²) >= 11 is 1.41. The first-order chi connectivity index (χ1) is 13.7. The first-order valence-electron chi connectivity index (χ1n) is 9.66. The second kappa shape index (κ2) is 10.5. The number of thioether (sulfide) groups is 1. The quantitative estimate of drug-likeness (QED) is 0.654. The number of rotatable bonds is 7. The number of halogens is 1. The topological polar surface area (TPSA) is 32.8 Å². The van der Waals surface area contributed by atoms with Crippen molar-refractivity contribution < 1.29 is 13.9 Å². The van der Waals surface area contributed by atoms with E-state index in [1.807, 2.05) is 23.1 Å². The summed E-state index contributed by atoms with van der Waals surface area (Å²) < 4.78 is 18.9. The van der Waals surface area contributed by atoms with E-state index in [0.29, 0.717) is 17.1 Å². The molecule has 1 saturated heterocycles. The predicted molar refractivity (Wildman–Crippen MR) is 111 cm³/mol. The Kier molecular flexibility index (Phi) is 7.74. The molecule has 0 aliphatic carbocycles. The highest BCUT2D eigenvalue weighted by atomic mass is 32.2. The van der Waals surface area contributed by atoms with Crippen molar-refractivity contribution in [2.45, 2.75) is 24.3 Å². The SMILES string of the molecule is COc1ccc(CN2CCCN(C(=O)CCSc3ccccc3F)CC2)cc1. The summed E-state index contributed by atoms with van der Waals surface area (Å²) in [7, 11) is 1.67. The van der Waals surface area contributed by atoms with Crippen LogP contribution in [0.2, 0.25) is 0 Å². The van der Waals surface area contributed by atoms with Crippen LogP contribution < -0.4 is 4.74 Å². The molecule has 0 spiro atoms. The Hall–Kier alpha value is -2.05. The van der Waals surface area contributed by atoms with Gasteiger partial charge in [-0.2, -0.15) is 0 Å². The van der Waals surface area contributed by atoms with Gasteiger partial charge in [-0.15, -0.1) is 11.8 Å². The summed E-state index contributed by atoms with van der Waals surface area (Å²) in [4.78, 5) is 17.5. The molecule has 0 radical (unpaired) electrons. The zero-order valence-corrected chi connectivity index (χ0v) is 17.1. The number of hydrogen-bond acceptors (Lipinski definition) is 4. The third-order valence-electron chi connectivity index (χ3n) is 4.92. The molecule has 2 aromatic carbocycles. The highest BCUT2D eigenvalue weighted by Gasteiger charge is 2.19. The Morgan fingerprint density at radius 3 is 2.61 bits per heavy atom. The monoisotopic (exact) mass is 402 g/mol. The summed E-state index contributed by atoms with van der Waals surface area (Å²) in [6, 6.07) is 14.9. The molecule has 1 amide bonds. The fourth-order valence-electron chi connectivity index (χ4n) is 3.34. The van der Waals surface area contributed by atoms with Gasteiger partial charge in [0, 0.05) is 49.8 Å². The van der Waals surface area contributed by atoms with Crippen LogP contribution in [-0.4, -0.2) is 54.7 Å². The van der Waals surface area contributed by atoms with Crippen molar-refractivity contribution in [2.75, 3.05) is 39.0 Å². The molecule has 1 aliphatic rings. The Balaban J connectivity index is 1.43. The number of ether oxygens (including phenoxy) is 1. The molecular weight excluding hydrogens is 375 g/mol. The Morgan fingerprint density at radius 2 is 1.86 bits per heavy atom. The molecule has 28 heavy (non-hydrogen) atoms. The maximum absolute atomic E-state index is 13.7. The van der Waals surface area contributed by atoms with Crippen LogP contribution in [0, 0.1) is 5.82 Å². The number of carbonyl (C=O) groups excluding carboxylic acids is 1. The van der Waals surface area contributed by atoms with Crippen LogP contribution in [-0.2, 0) is 11.3 Å². The van der Waals surface area contributed by atoms with Crippen molar-refractivity contribution in [3.63, 3.8) is 0 Å². The third kappa shape index (κ3) is 5.97. The predicted octanol–water partition coefficient (Wildman–Crippen LogP) is 4.05. The van der Waals surface area contributed by atoms with Gasteiger partial charge >= 0.3 is 0 Å². The van der Waals surface area contributed by atoms with Crippen molar-refractivity contribution in [1.29, 1.82) is 0 Å². The zero-order valence-electron chi connectivity index (χ0n) is 16.3. The van der Waals surface area contributed by atoms with Crippen LogP contribution in [0.5, 0.6) is 5.75 Å². The van der Waals surface area contributed by atoms with Crippen molar-refractivity contribution in [3.05, 3.63) is 59.9 Å². The molecule has 6 heteroatoms. The third-order valence-corrected chi connectivity index (χ3v) is 5.97. The summed E-state index contributed by atoms with van der Waals surface area (Å²) in [5.41, 5.74) is 1.25. The van der Waals surface area contributed by atoms with E-state index in [2.05, 4.69) is 17.0 Å². The molecule has 0 unspecified atom stereocenters. The largest absolute Gasteiger partial charge is 0.497 e. The van der Waals surface area contributed by atoms with Crippen LogP contribution in [0.1, 0.15) is 18.4 Å². The molecule has 1 fully saturated rings. The first kappa shape index (κ1) is 20.7. The lowest BCUT2D eigenvalue weighted by Crippen LogP contribution is -2.35. The lowest BCUT2D eigenvalue weighted by Gasteiger charge is -2.22. The molecule has 0 bridgehead atoms. The average Bonchev–Trinajstić information content (AvgIpc) is 2.95. The maximum Gasteiger partial charge on any atom is 0.223 e. The molecule has 150 valence electrons. The standard InChI is InChI=1S/C22H27FN2O2S/c1-27-19-9-7-18(8-10-19)17-24-12-4-13-25(15-14-24)22(26)11-16-28-21-6-3-2-5-20(21)23/h2-3,5-10H,4,11-17H2,1H3. The van der Waals surface area contributed by atoms with Crippen molar-refractivity contribution in [1.82, 2.24) is 9.80 Å². The van der Waals surface area contributed by atoms with E-state index < -0.39 is 0 Å². The summed E-state index contributed by atoms with van der Waals surface area (Å²) in [6.07, 6.45) is 1.42. The second-order valence-corrected chi connectivity index (χ2v) is 8.02. The molecule has 0 saturated carbocycles. The molecule has 1 heterocycles. The molecule has 4 nitrogen and oxygen atoms in total. The fraction of sp³-hybridized carbons (Fsp3) is 0.409. The summed E-state index contributed by atoms with van der Waals surface area (Å²) in [6.45, 7) is 4.29. The molecule has 0 atom stereocenters. The smallest absolute Gasteiger partial charge is 0.223 e. The summed E-state index contributed by atoms with van der Waals surface area (Å²) in [5, 5.41) is 0. The highest BCUT2D eigenvalue weighted by Crippen LogP contribution is 2.22. The van der Waals surface area contributed by atoms with Gasteiger partial charge in [0.25, 0.3) is 0 Å². The van der Waals surface area contributed by atoms with E-state index in [-0.39, 0.29) is 11.7 Å². The van der Waals surface area contributed by atoms with Gasteiger partial charge in [0.15, 0.2) is 0 Å². The number of amides is 1. The van der Waals surface area contributed by atoms with Gasteiger partial charge in [0.2, 0.25) is 5.91 Å². The van der Waals surface area contributed by atoms with Gasteiger partial charge in [-0.3, -0.25) is 9.69 Å². The first-order valence-corrected chi connectivity index (χ1v) is 10.6. The molecule has 3 rings (SSSR count). The molecular formula is C22H27FN2O2S. The van der Waals surface area contributed by atoms with E-state index in [1.165, 1.54) is 23.4 Å². The second-order valence-electron chi connectivity index (χ2n) is 6.89. The lowest BCUT2D eigenvalue weighted by molar-refractivity contribution is -0.130. The fourth-order valence-corrected chi connectivity index (χ4v) is 4.21. The number of hydrogen-bond donors (Lipinski definition) is 0. The van der Waals surface area contributed by atoms with Crippen LogP contribution in [0.25, 0.3) is 0 Å². The number of benzene rings is 2. The zero-order chi connectivity index (χ0) is 19.8. The van der Waals surface area contributed by atoms with Crippen LogP contribution >= 0.6 is 11.8 Å².